The number of ether oxygens (including phenoxy) is 1. The van der Waals surface area contributed by atoms with Gasteiger partial charge in [-0.1, -0.05) is 0 Å². The molecule has 4 aromatic rings. The second kappa shape index (κ2) is 9.51. The number of alkyl halides is 3. The van der Waals surface area contributed by atoms with Crippen molar-refractivity contribution >= 4 is 17.1 Å². The van der Waals surface area contributed by atoms with Gasteiger partial charge in [-0.15, -0.1) is 0 Å². The number of aromatic nitrogens is 6. The standard InChI is InChI=1S/C24H21F3N6O3/c25-24(26,27)15-8-17-22(31-10-15)33-23(32-17)19-12-28-18(11-29-19)14-3-6-20(30-9-14)36-16-4-1-13(2-5-16)7-21(34)35/h3,6,8-13,16H,1-2,4-5,7H2,(H,34,35)(H,31,32,33). The predicted molar refractivity (Wildman–Crippen MR) is 122 cm³/mol. The average molecular weight is 498 g/mol. The number of carboxylic acid groups (broad SMARTS) is 1. The molecule has 0 unspecified atom stereocenters. The van der Waals surface area contributed by atoms with E-state index < -0.39 is 17.7 Å². The molecule has 2 N–H and O–H groups in total. The SMILES string of the molecule is O=C(O)CC1CCC(Oc2ccc(-c3cnc(-c4nc5ncc(C(F)(F)F)cc5[nH]4)cn3)cn2)CC1. The van der Waals surface area contributed by atoms with Crippen LogP contribution in [0, 0.1) is 5.92 Å². The number of imidazole rings is 1. The highest BCUT2D eigenvalue weighted by Crippen LogP contribution is 2.31. The fourth-order valence-corrected chi connectivity index (χ4v) is 4.25. The number of H-pyrrole nitrogens is 1. The van der Waals surface area contributed by atoms with Gasteiger partial charge in [-0.2, -0.15) is 13.2 Å². The van der Waals surface area contributed by atoms with E-state index in [-0.39, 0.29) is 35.4 Å². The highest BCUT2D eigenvalue weighted by molar-refractivity contribution is 5.75. The van der Waals surface area contributed by atoms with Crippen LogP contribution in [0.5, 0.6) is 5.88 Å². The predicted octanol–water partition coefficient (Wildman–Crippen LogP) is 4.91. The molecule has 0 radical (unpaired) electrons. The van der Waals surface area contributed by atoms with Crippen LogP contribution in [0.3, 0.4) is 0 Å². The number of carboxylic acids is 1. The van der Waals surface area contributed by atoms with Crippen molar-refractivity contribution in [1.82, 2.24) is 29.9 Å². The number of hydrogen-bond acceptors (Lipinski definition) is 7. The van der Waals surface area contributed by atoms with Crippen LogP contribution in [0.15, 0.2) is 43.0 Å². The summed E-state index contributed by atoms with van der Waals surface area (Å²) in [6, 6.07) is 4.51. The van der Waals surface area contributed by atoms with E-state index in [1.54, 1.807) is 12.3 Å². The fraction of sp³-hybridized carbons (Fsp3) is 0.333. The number of pyridine rings is 2. The first-order chi connectivity index (χ1) is 17.2. The van der Waals surface area contributed by atoms with Gasteiger partial charge >= 0.3 is 12.1 Å². The van der Waals surface area contributed by atoms with Gasteiger partial charge in [-0.25, -0.2) is 19.9 Å². The number of nitrogens with zero attached hydrogens (tertiary/aromatic N) is 5. The van der Waals surface area contributed by atoms with Crippen molar-refractivity contribution in [3.05, 3.63) is 48.5 Å². The Balaban J connectivity index is 1.23. The van der Waals surface area contributed by atoms with Gasteiger partial charge in [0.25, 0.3) is 0 Å². The molecule has 0 saturated heterocycles. The van der Waals surface area contributed by atoms with Crippen molar-refractivity contribution in [2.45, 2.75) is 44.4 Å². The molecule has 1 saturated carbocycles. The van der Waals surface area contributed by atoms with E-state index in [0.29, 0.717) is 22.8 Å². The van der Waals surface area contributed by atoms with Crippen LogP contribution in [-0.4, -0.2) is 47.1 Å². The first-order valence-corrected chi connectivity index (χ1v) is 11.3. The number of fused-ring (bicyclic) bond motifs is 1. The Morgan fingerprint density at radius 2 is 1.75 bits per heavy atom. The first-order valence-electron chi connectivity index (χ1n) is 11.3. The van der Waals surface area contributed by atoms with Crippen molar-refractivity contribution in [1.29, 1.82) is 0 Å². The second-order valence-corrected chi connectivity index (χ2v) is 8.71. The number of aliphatic carboxylic acids is 1. The van der Waals surface area contributed by atoms with Gasteiger partial charge in [0.1, 0.15) is 11.8 Å². The second-order valence-electron chi connectivity index (χ2n) is 8.71. The van der Waals surface area contributed by atoms with Crippen LogP contribution in [-0.2, 0) is 11.0 Å². The van der Waals surface area contributed by atoms with Gasteiger partial charge in [0.15, 0.2) is 11.5 Å². The van der Waals surface area contributed by atoms with Crippen molar-refractivity contribution < 1.29 is 27.8 Å². The molecule has 0 atom stereocenters. The summed E-state index contributed by atoms with van der Waals surface area (Å²) in [6.07, 6.45) is 4.31. The van der Waals surface area contributed by atoms with Crippen LogP contribution in [0.2, 0.25) is 0 Å². The molecule has 9 nitrogen and oxygen atoms in total. The Bertz CT molecular complexity index is 1360. The van der Waals surface area contributed by atoms with Crippen molar-refractivity contribution in [2.24, 2.45) is 5.92 Å². The summed E-state index contributed by atoms with van der Waals surface area (Å²) in [6.45, 7) is 0. The number of hydrogen-bond donors (Lipinski definition) is 2. The van der Waals surface area contributed by atoms with Crippen molar-refractivity contribution in [3.8, 4) is 28.7 Å². The van der Waals surface area contributed by atoms with Gasteiger partial charge in [0.05, 0.1) is 29.2 Å². The summed E-state index contributed by atoms with van der Waals surface area (Å²) < 4.78 is 44.7. The molecule has 0 aliphatic heterocycles. The van der Waals surface area contributed by atoms with Crippen molar-refractivity contribution in [2.75, 3.05) is 0 Å². The smallest absolute Gasteiger partial charge is 0.417 e. The van der Waals surface area contributed by atoms with Crippen molar-refractivity contribution in [3.63, 3.8) is 0 Å². The summed E-state index contributed by atoms with van der Waals surface area (Å²) in [5.74, 6) is 0.183. The Labute approximate surface area is 202 Å². The zero-order valence-corrected chi connectivity index (χ0v) is 18.9. The molecule has 0 spiro atoms. The molecule has 36 heavy (non-hydrogen) atoms. The summed E-state index contributed by atoms with van der Waals surface area (Å²) in [5, 5.41) is 8.93. The van der Waals surface area contributed by atoms with E-state index in [0.717, 1.165) is 37.9 Å². The van der Waals surface area contributed by atoms with E-state index in [1.807, 2.05) is 6.07 Å². The van der Waals surface area contributed by atoms with Gasteiger partial charge in [0, 0.05) is 30.4 Å². The summed E-state index contributed by atoms with van der Waals surface area (Å²) in [7, 11) is 0. The van der Waals surface area contributed by atoms with E-state index >= 15 is 0 Å². The molecule has 0 amide bonds. The Kier molecular flexibility index (Phi) is 6.25. The maximum Gasteiger partial charge on any atom is 0.417 e. The third-order valence-corrected chi connectivity index (χ3v) is 6.14. The average Bonchev–Trinajstić information content (AvgIpc) is 3.29. The van der Waals surface area contributed by atoms with E-state index in [4.69, 9.17) is 9.84 Å². The Morgan fingerprint density at radius 3 is 2.39 bits per heavy atom. The van der Waals surface area contributed by atoms with Crippen LogP contribution in [0.25, 0.3) is 33.9 Å². The molecule has 0 bridgehead atoms. The minimum absolute atomic E-state index is 0.0120. The Hall–Kier alpha value is -4.09. The maximum atomic E-state index is 12.9. The highest BCUT2D eigenvalue weighted by atomic mass is 19.4. The van der Waals surface area contributed by atoms with Crippen LogP contribution < -0.4 is 4.74 Å². The van der Waals surface area contributed by atoms with Crippen LogP contribution >= 0.6 is 0 Å². The van der Waals surface area contributed by atoms with E-state index in [1.165, 1.54) is 12.4 Å². The summed E-state index contributed by atoms with van der Waals surface area (Å²) >= 11 is 0. The molecule has 186 valence electrons. The van der Waals surface area contributed by atoms with Crippen LogP contribution in [0.4, 0.5) is 13.2 Å². The lowest BCUT2D eigenvalue weighted by Gasteiger charge is -2.27. The minimum Gasteiger partial charge on any atom is -0.481 e. The zero-order chi connectivity index (χ0) is 25.3. The molecule has 0 aromatic carbocycles. The number of halogens is 3. The molecular weight excluding hydrogens is 477 g/mol. The number of aromatic amines is 1. The van der Waals surface area contributed by atoms with Gasteiger partial charge in [-0.05, 0) is 43.7 Å². The van der Waals surface area contributed by atoms with E-state index in [2.05, 4.69) is 29.9 Å². The lowest BCUT2D eigenvalue weighted by atomic mass is 9.85. The molecule has 1 aliphatic carbocycles. The highest BCUT2D eigenvalue weighted by Gasteiger charge is 2.31. The molecule has 1 fully saturated rings. The molecule has 12 heteroatoms. The largest absolute Gasteiger partial charge is 0.481 e. The molecule has 1 aliphatic rings. The molecule has 5 rings (SSSR count). The maximum absolute atomic E-state index is 12.9. The quantitative estimate of drug-likeness (QED) is 0.384. The molecule has 4 heterocycles. The lowest BCUT2D eigenvalue weighted by Crippen LogP contribution is -2.25. The van der Waals surface area contributed by atoms with E-state index in [9.17, 15) is 18.0 Å². The monoisotopic (exact) mass is 498 g/mol. The third kappa shape index (κ3) is 5.26. The fourth-order valence-electron chi connectivity index (χ4n) is 4.25. The van der Waals surface area contributed by atoms with Gasteiger partial charge < -0.3 is 14.8 Å². The summed E-state index contributed by atoms with van der Waals surface area (Å²) in [4.78, 5) is 34.7. The molecule has 4 aromatic heterocycles. The normalized spacial score (nSPS) is 18.3. The summed E-state index contributed by atoms with van der Waals surface area (Å²) in [5.41, 5.74) is 1.07. The first kappa shape index (κ1) is 23.6. The number of carbonyl (C=O) groups is 1. The Morgan fingerprint density at radius 1 is 1.00 bits per heavy atom. The lowest BCUT2D eigenvalue weighted by molar-refractivity contribution is -0.139. The van der Waals surface area contributed by atoms with Gasteiger partial charge in [-0.3, -0.25) is 9.78 Å². The zero-order valence-electron chi connectivity index (χ0n) is 18.9. The minimum atomic E-state index is -4.50. The van der Waals surface area contributed by atoms with Crippen LogP contribution in [0.1, 0.15) is 37.7 Å². The van der Waals surface area contributed by atoms with Gasteiger partial charge in [0.2, 0.25) is 5.88 Å². The number of nitrogens with one attached hydrogen (secondary N) is 1. The number of rotatable bonds is 6. The third-order valence-electron chi connectivity index (χ3n) is 6.14. The molecular formula is C24H21F3N6O3. The topological polar surface area (TPSA) is 127 Å².